The molecule has 24 heavy (non-hydrogen) atoms. The minimum absolute atomic E-state index is 0.0749. The van der Waals surface area contributed by atoms with Crippen molar-refractivity contribution < 1.29 is 19.0 Å². The first-order valence-corrected chi connectivity index (χ1v) is 8.73. The Morgan fingerprint density at radius 3 is 2.83 bits per heavy atom. The number of nitrogens with one attached hydrogen (secondary N) is 1. The fourth-order valence-electron chi connectivity index (χ4n) is 3.95. The van der Waals surface area contributed by atoms with Crippen LogP contribution >= 0.6 is 0 Å². The summed E-state index contributed by atoms with van der Waals surface area (Å²) in [5.41, 5.74) is 1.15. The Labute approximate surface area is 143 Å². The van der Waals surface area contributed by atoms with E-state index in [9.17, 15) is 4.79 Å². The Morgan fingerprint density at radius 2 is 2.12 bits per heavy atom. The maximum atomic E-state index is 12.6. The van der Waals surface area contributed by atoms with Crippen LogP contribution in [0.1, 0.15) is 31.2 Å². The zero-order valence-electron chi connectivity index (χ0n) is 14.6. The van der Waals surface area contributed by atoms with Gasteiger partial charge in [0.05, 0.1) is 19.6 Å². The van der Waals surface area contributed by atoms with E-state index in [2.05, 4.69) is 5.32 Å². The highest BCUT2D eigenvalue weighted by molar-refractivity contribution is 5.79. The molecule has 0 radical (unpaired) electrons. The van der Waals surface area contributed by atoms with Gasteiger partial charge in [-0.15, -0.1) is 0 Å². The van der Waals surface area contributed by atoms with Crippen LogP contribution in [0.5, 0.6) is 11.5 Å². The third-order valence-corrected chi connectivity index (χ3v) is 5.30. The van der Waals surface area contributed by atoms with Crippen molar-refractivity contribution in [1.29, 1.82) is 0 Å². The highest BCUT2D eigenvalue weighted by Gasteiger charge is 2.35. The molecule has 5 heteroatoms. The first-order chi connectivity index (χ1) is 11.7. The van der Waals surface area contributed by atoms with E-state index >= 15 is 0 Å². The predicted octanol–water partition coefficient (Wildman–Crippen LogP) is 2.57. The van der Waals surface area contributed by atoms with Gasteiger partial charge in [-0.25, -0.2) is 0 Å². The molecule has 0 saturated heterocycles. The molecule has 1 N–H and O–H groups in total. The van der Waals surface area contributed by atoms with E-state index in [1.807, 2.05) is 18.2 Å². The Bertz CT molecular complexity index is 581. The maximum Gasteiger partial charge on any atom is 0.226 e. The van der Waals surface area contributed by atoms with Gasteiger partial charge in [-0.1, -0.05) is 25.0 Å². The van der Waals surface area contributed by atoms with Crippen LogP contribution < -0.4 is 14.8 Å². The summed E-state index contributed by atoms with van der Waals surface area (Å²) in [7, 11) is 3.37. The van der Waals surface area contributed by atoms with Crippen LogP contribution in [0.25, 0.3) is 0 Å². The molecule has 1 saturated carbocycles. The van der Waals surface area contributed by atoms with Crippen LogP contribution in [0.4, 0.5) is 0 Å². The fourth-order valence-corrected chi connectivity index (χ4v) is 3.95. The zero-order valence-corrected chi connectivity index (χ0v) is 14.6. The second kappa shape index (κ2) is 7.43. The molecule has 1 aliphatic heterocycles. The van der Waals surface area contributed by atoms with E-state index in [1.54, 1.807) is 14.2 Å². The topological polar surface area (TPSA) is 56.8 Å². The second-order valence-electron chi connectivity index (χ2n) is 7.02. The molecule has 0 aromatic heterocycles. The van der Waals surface area contributed by atoms with Crippen molar-refractivity contribution in [2.75, 3.05) is 34.0 Å². The van der Waals surface area contributed by atoms with Gasteiger partial charge in [0.1, 0.15) is 6.61 Å². The van der Waals surface area contributed by atoms with Crippen molar-refractivity contribution >= 4 is 5.91 Å². The Morgan fingerprint density at radius 1 is 1.33 bits per heavy atom. The van der Waals surface area contributed by atoms with Crippen molar-refractivity contribution in [3.05, 3.63) is 23.8 Å². The van der Waals surface area contributed by atoms with Crippen molar-refractivity contribution in [2.45, 2.75) is 32.1 Å². The molecular formula is C19H27NO4. The summed E-state index contributed by atoms with van der Waals surface area (Å²) in [4.78, 5) is 12.6. The lowest BCUT2D eigenvalue weighted by atomic mass is 9.86. The molecule has 0 spiro atoms. The molecule has 1 amide bonds. The number of methoxy groups -OCH3 is 2. The molecule has 1 aromatic carbocycles. The molecule has 2 aliphatic rings. The minimum atomic E-state index is -0.148. The lowest BCUT2D eigenvalue weighted by molar-refractivity contribution is -0.127. The first kappa shape index (κ1) is 17.1. The largest absolute Gasteiger partial charge is 0.493 e. The number of ether oxygens (including phenoxy) is 3. The Balaban J connectivity index is 1.60. The van der Waals surface area contributed by atoms with Crippen LogP contribution in [0, 0.1) is 11.3 Å². The average Bonchev–Trinajstić information content (AvgIpc) is 3.07. The summed E-state index contributed by atoms with van der Waals surface area (Å²) < 4.78 is 16.5. The second-order valence-corrected chi connectivity index (χ2v) is 7.02. The first-order valence-electron chi connectivity index (χ1n) is 8.73. The third kappa shape index (κ3) is 3.51. The predicted molar refractivity (Wildman–Crippen MR) is 91.5 cm³/mol. The molecule has 1 heterocycles. The van der Waals surface area contributed by atoms with Gasteiger partial charge in [0, 0.05) is 19.1 Å². The van der Waals surface area contributed by atoms with Crippen LogP contribution in [0.2, 0.25) is 0 Å². The summed E-state index contributed by atoms with van der Waals surface area (Å²) >= 11 is 0. The summed E-state index contributed by atoms with van der Waals surface area (Å²) in [5, 5.41) is 3.15. The molecule has 1 fully saturated rings. The third-order valence-electron chi connectivity index (χ3n) is 5.30. The van der Waals surface area contributed by atoms with Crippen LogP contribution in [0.3, 0.4) is 0 Å². The van der Waals surface area contributed by atoms with Crippen LogP contribution in [-0.2, 0) is 16.0 Å². The molecule has 0 bridgehead atoms. The maximum absolute atomic E-state index is 12.6. The summed E-state index contributed by atoms with van der Waals surface area (Å²) in [6, 6.07) is 5.82. The van der Waals surface area contributed by atoms with Gasteiger partial charge in [0.2, 0.25) is 5.91 Å². The van der Waals surface area contributed by atoms with Gasteiger partial charge >= 0.3 is 0 Å². The number of para-hydroxylation sites is 1. The molecule has 1 atom stereocenters. The van der Waals surface area contributed by atoms with Crippen molar-refractivity contribution in [3.8, 4) is 11.5 Å². The molecule has 1 aliphatic carbocycles. The van der Waals surface area contributed by atoms with Gasteiger partial charge in [-0.2, -0.15) is 0 Å². The lowest BCUT2D eigenvalue weighted by Gasteiger charge is -2.30. The monoisotopic (exact) mass is 333 g/mol. The number of fused-ring (bicyclic) bond motifs is 1. The Hall–Kier alpha value is -1.75. The van der Waals surface area contributed by atoms with Gasteiger partial charge < -0.3 is 19.5 Å². The van der Waals surface area contributed by atoms with Crippen molar-refractivity contribution in [2.24, 2.45) is 11.3 Å². The molecular weight excluding hydrogens is 306 g/mol. The number of hydrogen-bond acceptors (Lipinski definition) is 4. The van der Waals surface area contributed by atoms with Crippen molar-refractivity contribution in [1.82, 2.24) is 5.32 Å². The van der Waals surface area contributed by atoms with Gasteiger partial charge in [-0.05, 0) is 30.9 Å². The molecule has 1 unspecified atom stereocenters. The van der Waals surface area contributed by atoms with E-state index in [0.717, 1.165) is 29.9 Å². The van der Waals surface area contributed by atoms with Gasteiger partial charge in [-0.3, -0.25) is 4.79 Å². The van der Waals surface area contributed by atoms with Crippen molar-refractivity contribution in [3.63, 3.8) is 0 Å². The highest BCUT2D eigenvalue weighted by atomic mass is 16.5. The average molecular weight is 333 g/mol. The van der Waals surface area contributed by atoms with Gasteiger partial charge in [0.25, 0.3) is 0 Å². The number of carbonyl (C=O) groups is 1. The zero-order chi connectivity index (χ0) is 17.0. The van der Waals surface area contributed by atoms with Gasteiger partial charge in [0.15, 0.2) is 11.5 Å². The minimum Gasteiger partial charge on any atom is -0.493 e. The quantitative estimate of drug-likeness (QED) is 0.869. The van der Waals surface area contributed by atoms with Crippen LogP contribution in [-0.4, -0.2) is 39.9 Å². The summed E-state index contributed by atoms with van der Waals surface area (Å²) in [5.74, 6) is 1.43. The molecule has 1 aromatic rings. The molecule has 3 rings (SSSR count). The number of rotatable bonds is 6. The normalized spacial score (nSPS) is 21.7. The molecule has 5 nitrogen and oxygen atoms in total. The van der Waals surface area contributed by atoms with Crippen LogP contribution in [0.15, 0.2) is 18.2 Å². The lowest BCUT2D eigenvalue weighted by Crippen LogP contribution is -2.43. The summed E-state index contributed by atoms with van der Waals surface area (Å²) in [6.07, 6.45) is 5.39. The highest BCUT2D eigenvalue weighted by Crippen LogP contribution is 2.38. The SMILES string of the molecule is COCC1(CNC(=O)C2COc3c(cccc3OC)C2)CCCC1. The van der Waals surface area contributed by atoms with E-state index in [0.29, 0.717) is 26.2 Å². The number of amides is 1. The fraction of sp³-hybridized carbons (Fsp3) is 0.632. The summed E-state index contributed by atoms with van der Waals surface area (Å²) in [6.45, 7) is 1.81. The number of hydrogen-bond donors (Lipinski definition) is 1. The van der Waals surface area contributed by atoms with E-state index in [1.165, 1.54) is 12.8 Å². The van der Waals surface area contributed by atoms with E-state index in [4.69, 9.17) is 14.2 Å². The number of benzene rings is 1. The van der Waals surface area contributed by atoms with E-state index in [-0.39, 0.29) is 17.2 Å². The van der Waals surface area contributed by atoms with E-state index < -0.39 is 0 Å². The molecule has 132 valence electrons. The standard InChI is InChI=1S/C19H27NO4/c1-22-13-19(8-3-4-9-19)12-20-18(21)15-10-14-6-5-7-16(23-2)17(14)24-11-15/h5-7,15H,3-4,8-13H2,1-2H3,(H,20,21). The Kier molecular flexibility index (Phi) is 5.29. The smallest absolute Gasteiger partial charge is 0.226 e. The number of carbonyl (C=O) groups excluding carboxylic acids is 1.